The van der Waals surface area contributed by atoms with Gasteiger partial charge in [0.2, 0.25) is 0 Å². The van der Waals surface area contributed by atoms with Crippen molar-refractivity contribution in [3.63, 3.8) is 0 Å². The first-order valence-corrected chi connectivity index (χ1v) is 9.75. The van der Waals surface area contributed by atoms with Gasteiger partial charge in [-0.3, -0.25) is 0 Å². The number of fused-ring (bicyclic) bond motifs is 1. The molecule has 0 aliphatic heterocycles. The largest absolute Gasteiger partial charge is 0.487 e. The molecule has 1 N–H and O–H groups in total. The Balaban J connectivity index is 1.91. The Morgan fingerprint density at radius 3 is 2.18 bits per heavy atom. The fraction of sp³-hybridized carbons (Fsp3) is 0.273. The van der Waals surface area contributed by atoms with Crippen LogP contribution in [0.15, 0.2) is 36.7 Å². The highest BCUT2D eigenvalue weighted by Gasteiger charge is 2.15. The molecule has 0 aliphatic carbocycles. The van der Waals surface area contributed by atoms with Crippen LogP contribution >= 0.6 is 0 Å². The summed E-state index contributed by atoms with van der Waals surface area (Å²) in [7, 11) is 0. The molecule has 7 nitrogen and oxygen atoms in total. The zero-order valence-electron chi connectivity index (χ0n) is 17.4. The van der Waals surface area contributed by atoms with Crippen molar-refractivity contribution < 1.29 is 40.9 Å². The van der Waals surface area contributed by atoms with Crippen molar-refractivity contribution in [2.24, 2.45) is 0 Å². The first-order chi connectivity index (χ1) is 16.4. The SMILES string of the molecule is C#Cc1cccc(Nc2ncnc3cc(OCCOC(F)F)c(OCCOC(F)F)cc23)c1F. The molecule has 1 aromatic heterocycles. The van der Waals surface area contributed by atoms with Crippen LogP contribution in [0.5, 0.6) is 11.5 Å². The van der Waals surface area contributed by atoms with Gasteiger partial charge in [0.25, 0.3) is 0 Å². The fourth-order valence-electron chi connectivity index (χ4n) is 2.83. The van der Waals surface area contributed by atoms with Gasteiger partial charge in [0.05, 0.1) is 30.0 Å². The lowest BCUT2D eigenvalue weighted by atomic mass is 10.1. The molecule has 2 aromatic carbocycles. The minimum atomic E-state index is -2.97. The summed E-state index contributed by atoms with van der Waals surface area (Å²) in [4.78, 5) is 8.25. The molecule has 0 unspecified atom stereocenters. The highest BCUT2D eigenvalue weighted by Crippen LogP contribution is 2.35. The van der Waals surface area contributed by atoms with Crippen LogP contribution in [-0.2, 0) is 9.47 Å². The zero-order valence-corrected chi connectivity index (χ0v) is 17.4. The van der Waals surface area contributed by atoms with E-state index in [2.05, 4.69) is 30.7 Å². The number of rotatable bonds is 12. The third kappa shape index (κ3) is 6.66. The van der Waals surface area contributed by atoms with Crippen molar-refractivity contribution in [1.29, 1.82) is 0 Å². The average molecular weight is 483 g/mol. The average Bonchev–Trinajstić information content (AvgIpc) is 2.81. The van der Waals surface area contributed by atoms with Crippen LogP contribution in [0.25, 0.3) is 10.9 Å². The maximum absolute atomic E-state index is 14.6. The van der Waals surface area contributed by atoms with E-state index in [1.807, 2.05) is 0 Å². The predicted molar refractivity (Wildman–Crippen MR) is 112 cm³/mol. The van der Waals surface area contributed by atoms with Gasteiger partial charge in [-0.15, -0.1) is 6.42 Å². The maximum atomic E-state index is 14.6. The lowest BCUT2D eigenvalue weighted by Crippen LogP contribution is -2.12. The molecular formula is C22H18F5N3O4. The molecule has 0 saturated carbocycles. The van der Waals surface area contributed by atoms with Gasteiger partial charge < -0.3 is 24.3 Å². The van der Waals surface area contributed by atoms with E-state index >= 15 is 0 Å². The van der Waals surface area contributed by atoms with E-state index in [-0.39, 0.29) is 41.8 Å². The number of benzene rings is 2. The number of halogens is 5. The van der Waals surface area contributed by atoms with Crippen LogP contribution in [0.4, 0.5) is 33.5 Å². The predicted octanol–water partition coefficient (Wildman–Crippen LogP) is 4.73. The van der Waals surface area contributed by atoms with E-state index in [0.29, 0.717) is 10.9 Å². The molecule has 1 heterocycles. The Morgan fingerprint density at radius 1 is 0.912 bits per heavy atom. The Hall–Kier alpha value is -3.69. The van der Waals surface area contributed by atoms with Gasteiger partial charge in [-0.2, -0.15) is 17.6 Å². The summed E-state index contributed by atoms with van der Waals surface area (Å²) in [5, 5.41) is 3.21. The van der Waals surface area contributed by atoms with Crippen LogP contribution < -0.4 is 14.8 Å². The van der Waals surface area contributed by atoms with Gasteiger partial charge in [0.15, 0.2) is 17.3 Å². The molecular weight excluding hydrogens is 465 g/mol. The van der Waals surface area contributed by atoms with E-state index in [1.165, 1.54) is 30.6 Å². The van der Waals surface area contributed by atoms with Crippen molar-refractivity contribution in [1.82, 2.24) is 9.97 Å². The first-order valence-electron chi connectivity index (χ1n) is 9.75. The second-order valence-electron chi connectivity index (χ2n) is 6.43. The van der Waals surface area contributed by atoms with E-state index < -0.39 is 32.3 Å². The van der Waals surface area contributed by atoms with E-state index in [0.717, 1.165) is 0 Å². The van der Waals surface area contributed by atoms with Gasteiger partial charge in [0, 0.05) is 11.5 Å². The van der Waals surface area contributed by atoms with Crippen LogP contribution in [0.3, 0.4) is 0 Å². The topological polar surface area (TPSA) is 74.7 Å². The molecule has 180 valence electrons. The summed E-state index contributed by atoms with van der Waals surface area (Å²) < 4.78 is 82.6. The molecule has 0 amide bonds. The third-order valence-corrected chi connectivity index (χ3v) is 4.28. The number of alkyl halides is 4. The summed E-state index contributed by atoms with van der Waals surface area (Å²) in [5.41, 5.74) is 0.452. The van der Waals surface area contributed by atoms with Crippen LogP contribution in [0.2, 0.25) is 0 Å². The Labute approximate surface area is 190 Å². The van der Waals surface area contributed by atoms with Crippen molar-refractivity contribution in [2.45, 2.75) is 13.2 Å². The van der Waals surface area contributed by atoms with Crippen molar-refractivity contribution in [2.75, 3.05) is 31.7 Å². The van der Waals surface area contributed by atoms with Crippen molar-refractivity contribution >= 4 is 22.4 Å². The molecule has 0 saturated heterocycles. The summed E-state index contributed by atoms with van der Waals surface area (Å²) in [6.45, 7) is -7.29. The van der Waals surface area contributed by atoms with Gasteiger partial charge in [-0.25, -0.2) is 14.4 Å². The monoisotopic (exact) mass is 483 g/mol. The fourth-order valence-corrected chi connectivity index (χ4v) is 2.83. The van der Waals surface area contributed by atoms with E-state index in [1.54, 1.807) is 6.07 Å². The molecule has 3 aromatic rings. The van der Waals surface area contributed by atoms with Gasteiger partial charge in [-0.1, -0.05) is 12.0 Å². The highest BCUT2D eigenvalue weighted by molar-refractivity contribution is 5.93. The third-order valence-electron chi connectivity index (χ3n) is 4.28. The molecule has 12 heteroatoms. The number of nitrogens with zero attached hydrogens (tertiary/aromatic N) is 2. The van der Waals surface area contributed by atoms with Crippen LogP contribution in [0.1, 0.15) is 5.56 Å². The van der Waals surface area contributed by atoms with Gasteiger partial charge in [-0.05, 0) is 18.2 Å². The number of aromatic nitrogens is 2. The van der Waals surface area contributed by atoms with Gasteiger partial charge >= 0.3 is 13.2 Å². The summed E-state index contributed by atoms with van der Waals surface area (Å²) in [6.07, 6.45) is 6.52. The Morgan fingerprint density at radius 2 is 1.56 bits per heavy atom. The molecule has 0 fully saturated rings. The molecule has 0 aliphatic rings. The number of ether oxygens (including phenoxy) is 4. The molecule has 0 bridgehead atoms. The van der Waals surface area contributed by atoms with Crippen LogP contribution in [-0.4, -0.2) is 49.6 Å². The number of terminal acetylenes is 1. The molecule has 0 spiro atoms. The maximum Gasteiger partial charge on any atom is 0.345 e. The lowest BCUT2D eigenvalue weighted by Gasteiger charge is -2.16. The molecule has 0 radical (unpaired) electrons. The molecule has 3 rings (SSSR count). The second kappa shape index (κ2) is 12.0. The quantitative estimate of drug-likeness (QED) is 0.227. The number of anilines is 2. The number of hydrogen-bond donors (Lipinski definition) is 1. The minimum absolute atomic E-state index is 0.0492. The second-order valence-corrected chi connectivity index (χ2v) is 6.43. The minimum Gasteiger partial charge on any atom is -0.487 e. The summed E-state index contributed by atoms with van der Waals surface area (Å²) in [5.74, 6) is 1.93. The van der Waals surface area contributed by atoms with Crippen molar-refractivity contribution in [3.05, 3.63) is 48.0 Å². The van der Waals surface area contributed by atoms with Crippen LogP contribution in [0, 0.1) is 18.2 Å². The smallest absolute Gasteiger partial charge is 0.345 e. The number of nitrogens with one attached hydrogen (secondary N) is 1. The van der Waals surface area contributed by atoms with Crippen molar-refractivity contribution in [3.8, 4) is 23.8 Å². The normalized spacial score (nSPS) is 11.1. The Bertz CT molecular complexity index is 1160. The van der Waals surface area contributed by atoms with E-state index in [4.69, 9.17) is 15.9 Å². The lowest BCUT2D eigenvalue weighted by molar-refractivity contribution is -0.134. The highest BCUT2D eigenvalue weighted by atomic mass is 19.3. The Kier molecular flexibility index (Phi) is 8.78. The van der Waals surface area contributed by atoms with Gasteiger partial charge in [0.1, 0.15) is 25.4 Å². The van der Waals surface area contributed by atoms with E-state index in [9.17, 15) is 22.0 Å². The summed E-state index contributed by atoms with van der Waals surface area (Å²) in [6, 6.07) is 7.33. The molecule has 34 heavy (non-hydrogen) atoms. The number of hydrogen-bond acceptors (Lipinski definition) is 7. The zero-order chi connectivity index (χ0) is 24.5. The standard InChI is InChI=1S/C22H18F5N3O4/c1-2-13-4-3-5-15(19(13)23)30-20-14-10-17(31-6-8-33-21(24)25)18(11-16(14)28-12-29-20)32-7-9-34-22(26)27/h1,3-5,10-12,21-22H,6-9H2,(H,28,29,30). The first kappa shape index (κ1) is 24.9. The molecule has 0 atom stereocenters. The summed E-state index contributed by atoms with van der Waals surface area (Å²) >= 11 is 0.